The minimum Gasteiger partial charge on any atom is -0.293 e. The summed E-state index contributed by atoms with van der Waals surface area (Å²) < 4.78 is 0. The maximum absolute atomic E-state index is 11.8. The third-order valence-corrected chi connectivity index (χ3v) is 3.02. The molecule has 1 rings (SSSR count). The highest BCUT2D eigenvalue weighted by molar-refractivity contribution is 6.05. The van der Waals surface area contributed by atoms with Crippen molar-refractivity contribution in [1.29, 1.82) is 0 Å². The lowest BCUT2D eigenvalue weighted by molar-refractivity contribution is -0.118. The maximum atomic E-state index is 11.8. The molecule has 0 saturated carbocycles. The normalized spacial score (nSPS) is 10.1. The summed E-state index contributed by atoms with van der Waals surface area (Å²) in [4.78, 5) is 22.6. The van der Waals surface area contributed by atoms with Crippen LogP contribution in [0.25, 0.3) is 0 Å². The van der Waals surface area contributed by atoms with Gasteiger partial charge in [-0.25, -0.2) is 0 Å². The average Bonchev–Trinajstić information content (AvgIpc) is 2.19. The Hall–Kier alpha value is -1.64. The van der Waals surface area contributed by atoms with Crippen molar-refractivity contribution < 1.29 is 9.59 Å². The van der Waals surface area contributed by atoms with Crippen molar-refractivity contribution in [2.45, 2.75) is 34.6 Å². The first-order valence-corrected chi connectivity index (χ1v) is 5.24. The van der Waals surface area contributed by atoms with Gasteiger partial charge in [0.1, 0.15) is 0 Å². The Balaban J connectivity index is 3.25. The first-order chi connectivity index (χ1) is 7.34. The molecule has 0 aliphatic heterocycles. The molecule has 86 valence electrons. The highest BCUT2D eigenvalue weighted by atomic mass is 16.2. The highest BCUT2D eigenvalue weighted by Crippen LogP contribution is 2.20. The number of rotatable bonds is 1. The minimum absolute atomic E-state index is 0.323. The van der Waals surface area contributed by atoms with Gasteiger partial charge in [0.05, 0.1) is 0 Å². The van der Waals surface area contributed by atoms with Crippen molar-refractivity contribution in [2.75, 3.05) is 0 Å². The van der Waals surface area contributed by atoms with Crippen LogP contribution in [0.2, 0.25) is 0 Å². The van der Waals surface area contributed by atoms with Crippen LogP contribution in [-0.2, 0) is 4.79 Å². The van der Waals surface area contributed by atoms with Crippen molar-refractivity contribution in [3.05, 3.63) is 33.9 Å². The van der Waals surface area contributed by atoms with E-state index < -0.39 is 0 Å². The lowest BCUT2D eigenvalue weighted by atomic mass is 9.94. The quantitative estimate of drug-likeness (QED) is 0.787. The first kappa shape index (κ1) is 12.4. The molecule has 1 N–H and O–H groups in total. The Morgan fingerprint density at radius 1 is 1.00 bits per heavy atom. The number of hydrogen-bond donors (Lipinski definition) is 1. The molecule has 0 fully saturated rings. The van der Waals surface area contributed by atoms with Crippen LogP contribution in [0.1, 0.15) is 39.5 Å². The Morgan fingerprint density at radius 3 is 2.06 bits per heavy atom. The maximum Gasteiger partial charge on any atom is 0.258 e. The van der Waals surface area contributed by atoms with Crippen LogP contribution in [0.3, 0.4) is 0 Å². The SMILES string of the molecule is CC(=O)NC(=O)c1cc(C)c(C)c(C)c1C. The van der Waals surface area contributed by atoms with E-state index in [1.807, 2.05) is 33.8 Å². The molecule has 3 nitrogen and oxygen atoms in total. The Bertz CT molecular complexity index is 461. The molecule has 3 heteroatoms. The third-order valence-electron chi connectivity index (χ3n) is 3.02. The van der Waals surface area contributed by atoms with Crippen molar-refractivity contribution in [3.8, 4) is 0 Å². The van der Waals surface area contributed by atoms with E-state index in [4.69, 9.17) is 0 Å². The molecule has 0 heterocycles. The summed E-state index contributed by atoms with van der Waals surface area (Å²) in [7, 11) is 0. The van der Waals surface area contributed by atoms with Crippen LogP contribution in [0.5, 0.6) is 0 Å². The number of benzene rings is 1. The summed E-state index contributed by atoms with van der Waals surface area (Å²) in [5.74, 6) is -0.656. The molecule has 0 aromatic heterocycles. The minimum atomic E-state index is -0.333. The van der Waals surface area contributed by atoms with Gasteiger partial charge in [-0.3, -0.25) is 14.9 Å². The topological polar surface area (TPSA) is 46.2 Å². The predicted molar refractivity (Wildman–Crippen MR) is 63.5 cm³/mol. The van der Waals surface area contributed by atoms with Crippen LogP contribution in [0.15, 0.2) is 6.07 Å². The fraction of sp³-hybridized carbons (Fsp3) is 0.385. The smallest absolute Gasteiger partial charge is 0.258 e. The van der Waals surface area contributed by atoms with Crippen LogP contribution in [-0.4, -0.2) is 11.8 Å². The first-order valence-electron chi connectivity index (χ1n) is 5.24. The fourth-order valence-corrected chi connectivity index (χ4v) is 1.68. The molecule has 0 bridgehead atoms. The zero-order valence-electron chi connectivity index (χ0n) is 10.4. The van der Waals surface area contributed by atoms with Gasteiger partial charge in [-0.05, 0) is 56.0 Å². The van der Waals surface area contributed by atoms with E-state index >= 15 is 0 Å². The second-order valence-corrected chi connectivity index (χ2v) is 4.13. The molecular weight excluding hydrogens is 202 g/mol. The summed E-state index contributed by atoms with van der Waals surface area (Å²) in [6.45, 7) is 9.22. The molecule has 0 spiro atoms. The molecule has 2 amide bonds. The van der Waals surface area contributed by atoms with Gasteiger partial charge in [0.15, 0.2) is 0 Å². The summed E-state index contributed by atoms with van der Waals surface area (Å²) in [5, 5.41) is 2.30. The van der Waals surface area contributed by atoms with Crippen LogP contribution in [0, 0.1) is 27.7 Å². The lowest BCUT2D eigenvalue weighted by Crippen LogP contribution is -2.28. The Morgan fingerprint density at radius 2 is 1.56 bits per heavy atom. The van der Waals surface area contributed by atoms with Gasteiger partial charge < -0.3 is 0 Å². The summed E-state index contributed by atoms with van der Waals surface area (Å²) in [5.41, 5.74) is 4.88. The number of nitrogens with one attached hydrogen (secondary N) is 1. The van der Waals surface area contributed by atoms with Gasteiger partial charge in [-0.2, -0.15) is 0 Å². The molecule has 0 saturated heterocycles. The fourth-order valence-electron chi connectivity index (χ4n) is 1.68. The molecule has 1 aromatic rings. The molecule has 0 atom stereocenters. The molecular formula is C13H17NO2. The lowest BCUT2D eigenvalue weighted by Gasteiger charge is -2.13. The van der Waals surface area contributed by atoms with Crippen molar-refractivity contribution in [3.63, 3.8) is 0 Å². The third kappa shape index (κ3) is 2.30. The molecule has 0 unspecified atom stereocenters. The Labute approximate surface area is 95.9 Å². The molecule has 16 heavy (non-hydrogen) atoms. The largest absolute Gasteiger partial charge is 0.293 e. The highest BCUT2D eigenvalue weighted by Gasteiger charge is 2.14. The molecule has 0 aliphatic carbocycles. The Kier molecular flexibility index (Phi) is 3.48. The van der Waals surface area contributed by atoms with Gasteiger partial charge in [0.2, 0.25) is 5.91 Å². The summed E-state index contributed by atoms with van der Waals surface area (Å²) >= 11 is 0. The van der Waals surface area contributed by atoms with Gasteiger partial charge in [-0.15, -0.1) is 0 Å². The van der Waals surface area contributed by atoms with Gasteiger partial charge >= 0.3 is 0 Å². The second-order valence-electron chi connectivity index (χ2n) is 4.13. The van der Waals surface area contributed by atoms with E-state index in [9.17, 15) is 9.59 Å². The molecule has 0 radical (unpaired) electrons. The average molecular weight is 219 g/mol. The number of amides is 2. The van der Waals surface area contributed by atoms with E-state index in [2.05, 4.69) is 5.32 Å². The van der Waals surface area contributed by atoms with Crippen LogP contribution in [0.4, 0.5) is 0 Å². The second kappa shape index (κ2) is 4.47. The van der Waals surface area contributed by atoms with Crippen molar-refractivity contribution in [1.82, 2.24) is 5.32 Å². The van der Waals surface area contributed by atoms with E-state index in [-0.39, 0.29) is 11.8 Å². The zero-order chi connectivity index (χ0) is 12.5. The number of hydrogen-bond acceptors (Lipinski definition) is 2. The van der Waals surface area contributed by atoms with Crippen molar-refractivity contribution >= 4 is 11.8 Å². The number of carbonyl (C=O) groups is 2. The number of carbonyl (C=O) groups excluding carboxylic acids is 2. The number of aryl methyl sites for hydroxylation is 1. The number of imide groups is 1. The van der Waals surface area contributed by atoms with Gasteiger partial charge in [0.25, 0.3) is 5.91 Å². The van der Waals surface area contributed by atoms with E-state index in [1.165, 1.54) is 12.5 Å². The van der Waals surface area contributed by atoms with Crippen LogP contribution >= 0.6 is 0 Å². The van der Waals surface area contributed by atoms with E-state index in [0.29, 0.717) is 5.56 Å². The molecule has 1 aromatic carbocycles. The standard InChI is InChI=1S/C13H17NO2/c1-7-6-12(13(16)14-11(5)15)10(4)9(3)8(7)2/h6H,1-5H3,(H,14,15,16). The van der Waals surface area contributed by atoms with E-state index in [0.717, 1.165) is 16.7 Å². The summed E-state index contributed by atoms with van der Waals surface area (Å²) in [6.07, 6.45) is 0. The van der Waals surface area contributed by atoms with Gasteiger partial charge in [0, 0.05) is 12.5 Å². The monoisotopic (exact) mass is 219 g/mol. The zero-order valence-corrected chi connectivity index (χ0v) is 10.4. The summed E-state index contributed by atoms with van der Waals surface area (Å²) in [6, 6.07) is 1.83. The van der Waals surface area contributed by atoms with Gasteiger partial charge in [-0.1, -0.05) is 0 Å². The van der Waals surface area contributed by atoms with E-state index in [1.54, 1.807) is 0 Å². The predicted octanol–water partition coefficient (Wildman–Crippen LogP) is 2.20. The van der Waals surface area contributed by atoms with Crippen molar-refractivity contribution in [2.24, 2.45) is 0 Å². The van der Waals surface area contributed by atoms with Crippen LogP contribution < -0.4 is 5.32 Å². The molecule has 0 aliphatic rings.